The van der Waals surface area contributed by atoms with Gasteiger partial charge in [-0.25, -0.2) is 4.68 Å². The number of amides is 1. The van der Waals surface area contributed by atoms with Gasteiger partial charge in [0.05, 0.1) is 23.0 Å². The van der Waals surface area contributed by atoms with Crippen LogP contribution in [0.15, 0.2) is 84.9 Å². The van der Waals surface area contributed by atoms with Crippen molar-refractivity contribution in [1.82, 2.24) is 14.7 Å². The van der Waals surface area contributed by atoms with Gasteiger partial charge in [-0.05, 0) is 55.4 Å². The van der Waals surface area contributed by atoms with Gasteiger partial charge < -0.3 is 4.90 Å². The molecule has 0 saturated heterocycles. The largest absolute Gasteiger partial charge is 0.331 e. The van der Waals surface area contributed by atoms with Gasteiger partial charge in [-0.2, -0.15) is 5.10 Å². The van der Waals surface area contributed by atoms with Crippen molar-refractivity contribution in [1.29, 1.82) is 0 Å². The molecule has 1 aliphatic heterocycles. The van der Waals surface area contributed by atoms with Gasteiger partial charge in [0.1, 0.15) is 5.69 Å². The lowest BCUT2D eigenvalue weighted by Gasteiger charge is -2.45. The van der Waals surface area contributed by atoms with E-state index in [1.165, 1.54) is 30.4 Å². The molecule has 4 nitrogen and oxygen atoms in total. The first kappa shape index (κ1) is 20.9. The average molecular weight is 448 g/mol. The van der Waals surface area contributed by atoms with Gasteiger partial charge in [0.25, 0.3) is 5.91 Å². The molecule has 2 aliphatic rings. The van der Waals surface area contributed by atoms with Crippen LogP contribution in [0.25, 0.3) is 16.9 Å². The standard InChI is InChI=1S/C30H29N3O/c1-21-27(28(23-12-4-2-5-13-23)31-33(21)25-16-6-3-7-17-25)30(34)32-20-19-22-11-8-9-18-26(22)29(32)24-14-10-15-24/h2-9,11-13,16-18,24,29H,10,14-15,19-20H2,1H3. The predicted molar refractivity (Wildman–Crippen MR) is 135 cm³/mol. The highest BCUT2D eigenvalue weighted by molar-refractivity contribution is 6.01. The van der Waals surface area contributed by atoms with Gasteiger partial charge in [0.2, 0.25) is 0 Å². The highest BCUT2D eigenvalue weighted by atomic mass is 16.2. The van der Waals surface area contributed by atoms with Crippen LogP contribution in [0.4, 0.5) is 0 Å². The summed E-state index contributed by atoms with van der Waals surface area (Å²) in [7, 11) is 0. The van der Waals surface area contributed by atoms with E-state index in [0.29, 0.717) is 5.92 Å². The second-order valence-corrected chi connectivity index (χ2v) is 9.51. The van der Waals surface area contributed by atoms with Crippen LogP contribution in [-0.4, -0.2) is 27.1 Å². The first-order valence-electron chi connectivity index (χ1n) is 12.3. The number of benzene rings is 3. The van der Waals surface area contributed by atoms with E-state index in [2.05, 4.69) is 29.2 Å². The summed E-state index contributed by atoms with van der Waals surface area (Å²) in [6.07, 6.45) is 4.54. The van der Waals surface area contributed by atoms with Crippen molar-refractivity contribution in [2.75, 3.05) is 6.54 Å². The second-order valence-electron chi connectivity index (χ2n) is 9.51. The summed E-state index contributed by atoms with van der Waals surface area (Å²) in [4.78, 5) is 16.5. The fourth-order valence-electron chi connectivity index (χ4n) is 5.61. The Morgan fingerprint density at radius 1 is 0.882 bits per heavy atom. The maximum Gasteiger partial charge on any atom is 0.258 e. The molecule has 170 valence electrons. The molecule has 1 atom stereocenters. The van der Waals surface area contributed by atoms with Crippen molar-refractivity contribution in [3.8, 4) is 16.9 Å². The van der Waals surface area contributed by atoms with E-state index in [9.17, 15) is 4.79 Å². The van der Waals surface area contributed by atoms with Gasteiger partial charge in [-0.15, -0.1) is 0 Å². The van der Waals surface area contributed by atoms with E-state index < -0.39 is 0 Å². The number of carbonyl (C=O) groups excluding carboxylic acids is 1. The van der Waals surface area contributed by atoms with Crippen LogP contribution in [0.1, 0.15) is 52.5 Å². The molecule has 2 heterocycles. The van der Waals surface area contributed by atoms with Crippen LogP contribution < -0.4 is 0 Å². The minimum atomic E-state index is 0.102. The fraction of sp³-hybridized carbons (Fsp3) is 0.267. The number of hydrogen-bond acceptors (Lipinski definition) is 2. The average Bonchev–Trinajstić information content (AvgIpc) is 3.21. The van der Waals surface area contributed by atoms with E-state index >= 15 is 0 Å². The Morgan fingerprint density at radius 2 is 1.56 bits per heavy atom. The summed E-state index contributed by atoms with van der Waals surface area (Å²) in [5.74, 6) is 0.639. The van der Waals surface area contributed by atoms with Crippen LogP contribution in [-0.2, 0) is 6.42 Å². The highest BCUT2D eigenvalue weighted by Gasteiger charge is 2.40. The third kappa shape index (κ3) is 3.45. The molecule has 1 unspecified atom stereocenters. The maximum atomic E-state index is 14.4. The lowest BCUT2D eigenvalue weighted by Crippen LogP contribution is -2.45. The Balaban J connectivity index is 1.48. The van der Waals surface area contributed by atoms with Gasteiger partial charge in [0.15, 0.2) is 0 Å². The van der Waals surface area contributed by atoms with Gasteiger partial charge >= 0.3 is 0 Å². The molecule has 0 spiro atoms. The zero-order chi connectivity index (χ0) is 23.1. The Bertz CT molecular complexity index is 1320. The molecule has 1 aliphatic carbocycles. The Hall–Kier alpha value is -3.66. The van der Waals surface area contributed by atoms with Gasteiger partial charge in [-0.1, -0.05) is 79.2 Å². The first-order valence-corrected chi connectivity index (χ1v) is 12.3. The van der Waals surface area contributed by atoms with Gasteiger partial charge in [-0.3, -0.25) is 4.79 Å². The second kappa shape index (κ2) is 8.60. The van der Waals surface area contributed by atoms with E-state index in [1.54, 1.807) is 0 Å². The molecule has 4 heteroatoms. The van der Waals surface area contributed by atoms with Crippen molar-refractivity contribution < 1.29 is 4.79 Å². The van der Waals surface area contributed by atoms with Crippen LogP contribution >= 0.6 is 0 Å². The van der Waals surface area contributed by atoms with E-state index in [4.69, 9.17) is 5.10 Å². The van der Waals surface area contributed by atoms with Crippen molar-refractivity contribution in [2.45, 2.75) is 38.6 Å². The zero-order valence-electron chi connectivity index (χ0n) is 19.5. The molecule has 34 heavy (non-hydrogen) atoms. The minimum Gasteiger partial charge on any atom is -0.331 e. The topological polar surface area (TPSA) is 38.1 Å². The molecule has 1 amide bonds. The molecule has 1 fully saturated rings. The van der Waals surface area contributed by atoms with Crippen LogP contribution in [0.5, 0.6) is 0 Å². The molecule has 1 saturated carbocycles. The minimum absolute atomic E-state index is 0.102. The van der Waals surface area contributed by atoms with Gasteiger partial charge in [0, 0.05) is 12.1 Å². The molecular weight excluding hydrogens is 418 g/mol. The van der Waals surface area contributed by atoms with Crippen molar-refractivity contribution >= 4 is 5.91 Å². The quantitative estimate of drug-likeness (QED) is 0.364. The number of para-hydroxylation sites is 1. The molecule has 4 aromatic rings. The summed E-state index contributed by atoms with van der Waals surface area (Å²) in [5.41, 5.74) is 7.04. The molecule has 0 N–H and O–H groups in total. The monoisotopic (exact) mass is 447 g/mol. The maximum absolute atomic E-state index is 14.4. The summed E-state index contributed by atoms with van der Waals surface area (Å²) in [5, 5.41) is 4.98. The van der Waals surface area contributed by atoms with Crippen LogP contribution in [0, 0.1) is 12.8 Å². The lowest BCUT2D eigenvalue weighted by molar-refractivity contribution is 0.0486. The molecule has 0 bridgehead atoms. The number of hydrogen-bond donors (Lipinski definition) is 0. The molecule has 0 radical (unpaired) electrons. The van der Waals surface area contributed by atoms with E-state index in [1.807, 2.05) is 72.3 Å². The summed E-state index contributed by atoms with van der Waals surface area (Å²) < 4.78 is 1.92. The summed E-state index contributed by atoms with van der Waals surface area (Å²) in [6, 6.07) is 29.1. The third-order valence-electron chi connectivity index (χ3n) is 7.57. The van der Waals surface area contributed by atoms with E-state index in [0.717, 1.165) is 41.2 Å². The fourth-order valence-corrected chi connectivity index (χ4v) is 5.61. The molecule has 6 rings (SSSR count). The first-order chi connectivity index (χ1) is 16.7. The molecule has 3 aromatic carbocycles. The number of aromatic nitrogens is 2. The zero-order valence-corrected chi connectivity index (χ0v) is 19.5. The lowest BCUT2D eigenvalue weighted by atomic mass is 9.73. The summed E-state index contributed by atoms with van der Waals surface area (Å²) >= 11 is 0. The van der Waals surface area contributed by atoms with Crippen molar-refractivity contribution in [3.63, 3.8) is 0 Å². The summed E-state index contributed by atoms with van der Waals surface area (Å²) in [6.45, 7) is 2.77. The van der Waals surface area contributed by atoms with Crippen LogP contribution in [0.2, 0.25) is 0 Å². The van der Waals surface area contributed by atoms with E-state index in [-0.39, 0.29) is 11.9 Å². The van der Waals surface area contributed by atoms with Crippen molar-refractivity contribution in [2.24, 2.45) is 5.92 Å². The predicted octanol–water partition coefficient (Wildman–Crippen LogP) is 6.39. The number of fused-ring (bicyclic) bond motifs is 1. The smallest absolute Gasteiger partial charge is 0.258 e. The third-order valence-corrected chi connectivity index (χ3v) is 7.57. The number of nitrogens with zero attached hydrogens (tertiary/aromatic N) is 3. The van der Waals surface area contributed by atoms with Crippen LogP contribution in [0.3, 0.4) is 0 Å². The normalized spacial score (nSPS) is 17.8. The number of carbonyl (C=O) groups is 1. The SMILES string of the molecule is Cc1c(C(=O)N2CCc3ccccc3C2C2CCC2)c(-c2ccccc2)nn1-c1ccccc1. The van der Waals surface area contributed by atoms with Crippen molar-refractivity contribution in [3.05, 3.63) is 107 Å². The molecular formula is C30H29N3O. The Morgan fingerprint density at radius 3 is 2.26 bits per heavy atom. The molecule has 1 aromatic heterocycles. The Kier molecular flexibility index (Phi) is 5.29. The number of rotatable bonds is 4. The highest BCUT2D eigenvalue weighted by Crippen LogP contribution is 2.45. The Labute approximate surface area is 200 Å².